The van der Waals surface area contributed by atoms with Crippen molar-refractivity contribution in [3.8, 4) is 11.6 Å². The molecule has 0 aliphatic carbocycles. The van der Waals surface area contributed by atoms with Gasteiger partial charge in [0.1, 0.15) is 5.75 Å². The number of halogens is 2. The lowest BCUT2D eigenvalue weighted by atomic mass is 10.1. The van der Waals surface area contributed by atoms with Gasteiger partial charge < -0.3 is 4.74 Å². The van der Waals surface area contributed by atoms with Crippen LogP contribution in [0.4, 0.5) is 0 Å². The van der Waals surface area contributed by atoms with Crippen LogP contribution >= 0.6 is 34.2 Å². The van der Waals surface area contributed by atoms with Gasteiger partial charge in [0, 0.05) is 8.96 Å². The van der Waals surface area contributed by atoms with Crippen LogP contribution in [0.25, 0.3) is 10.8 Å². The van der Waals surface area contributed by atoms with E-state index < -0.39 is 0 Å². The van der Waals surface area contributed by atoms with Crippen LogP contribution in [0, 0.1) is 3.57 Å². The fourth-order valence-corrected chi connectivity index (χ4v) is 2.48. The Kier molecular flexibility index (Phi) is 4.08. The lowest BCUT2D eigenvalue weighted by Crippen LogP contribution is -1.93. The average Bonchev–Trinajstić information content (AvgIpc) is 2.49. The SMILES string of the molecule is ClCc1cc2ccccc2c(Oc2ccc(I)cc2)n1. The summed E-state index contributed by atoms with van der Waals surface area (Å²) in [6, 6.07) is 17.9. The van der Waals surface area contributed by atoms with E-state index in [2.05, 4.69) is 27.6 Å². The third kappa shape index (κ3) is 2.88. The highest BCUT2D eigenvalue weighted by molar-refractivity contribution is 14.1. The smallest absolute Gasteiger partial charge is 0.227 e. The van der Waals surface area contributed by atoms with Gasteiger partial charge in [-0.1, -0.05) is 18.2 Å². The minimum absolute atomic E-state index is 0.369. The largest absolute Gasteiger partial charge is 0.438 e. The molecule has 0 atom stereocenters. The molecule has 2 aromatic carbocycles. The number of aromatic nitrogens is 1. The van der Waals surface area contributed by atoms with Crippen LogP contribution in [0.2, 0.25) is 0 Å². The summed E-state index contributed by atoms with van der Waals surface area (Å²) >= 11 is 8.17. The van der Waals surface area contributed by atoms with E-state index in [-0.39, 0.29) is 0 Å². The van der Waals surface area contributed by atoms with E-state index in [9.17, 15) is 0 Å². The summed E-state index contributed by atoms with van der Waals surface area (Å²) in [5.74, 6) is 1.74. The van der Waals surface area contributed by atoms with Crippen LogP contribution in [0.3, 0.4) is 0 Å². The summed E-state index contributed by atoms with van der Waals surface area (Å²) < 4.78 is 7.08. The molecule has 1 heterocycles. The van der Waals surface area contributed by atoms with Gasteiger partial charge in [-0.2, -0.15) is 0 Å². The van der Waals surface area contributed by atoms with E-state index >= 15 is 0 Å². The first-order chi connectivity index (χ1) is 9.76. The van der Waals surface area contributed by atoms with Crippen molar-refractivity contribution in [2.45, 2.75) is 5.88 Å². The van der Waals surface area contributed by atoms with E-state index in [1.165, 1.54) is 3.57 Å². The van der Waals surface area contributed by atoms with Gasteiger partial charge in [-0.15, -0.1) is 11.6 Å². The molecule has 1 aromatic heterocycles. The first kappa shape index (κ1) is 13.6. The highest BCUT2D eigenvalue weighted by Crippen LogP contribution is 2.29. The number of fused-ring (bicyclic) bond motifs is 1. The Balaban J connectivity index is 2.07. The monoisotopic (exact) mass is 395 g/mol. The van der Waals surface area contributed by atoms with Gasteiger partial charge in [0.25, 0.3) is 0 Å². The molecule has 0 saturated heterocycles. The molecule has 0 bridgehead atoms. The molecule has 3 rings (SSSR count). The second kappa shape index (κ2) is 5.97. The third-order valence-corrected chi connectivity index (χ3v) is 3.92. The Morgan fingerprint density at radius 2 is 1.80 bits per heavy atom. The minimum Gasteiger partial charge on any atom is -0.438 e. The maximum atomic E-state index is 5.92. The molecule has 3 aromatic rings. The third-order valence-electron chi connectivity index (χ3n) is 2.92. The Morgan fingerprint density at radius 3 is 2.55 bits per heavy atom. The van der Waals surface area contributed by atoms with Crippen LogP contribution in [-0.2, 0) is 5.88 Å². The summed E-state index contributed by atoms with van der Waals surface area (Å²) in [5.41, 5.74) is 0.811. The van der Waals surface area contributed by atoms with Crippen LogP contribution in [0.5, 0.6) is 11.6 Å². The van der Waals surface area contributed by atoms with Crippen LogP contribution < -0.4 is 4.74 Å². The summed E-state index contributed by atoms with van der Waals surface area (Å²) in [4.78, 5) is 4.48. The zero-order valence-corrected chi connectivity index (χ0v) is 13.4. The van der Waals surface area contributed by atoms with Crippen molar-refractivity contribution < 1.29 is 4.74 Å². The van der Waals surface area contributed by atoms with Gasteiger partial charge in [0.05, 0.1) is 11.6 Å². The number of alkyl halides is 1. The van der Waals surface area contributed by atoms with Gasteiger partial charge in [0.15, 0.2) is 0 Å². The van der Waals surface area contributed by atoms with Gasteiger partial charge in [-0.3, -0.25) is 0 Å². The molecule has 0 radical (unpaired) electrons. The number of hydrogen-bond acceptors (Lipinski definition) is 2. The quantitative estimate of drug-likeness (QED) is 0.439. The van der Waals surface area contributed by atoms with Crippen molar-refractivity contribution in [2.24, 2.45) is 0 Å². The summed E-state index contributed by atoms with van der Waals surface area (Å²) in [6.07, 6.45) is 0. The van der Waals surface area contributed by atoms with Crippen molar-refractivity contribution in [1.82, 2.24) is 4.98 Å². The lowest BCUT2D eigenvalue weighted by Gasteiger charge is -2.09. The molecule has 0 saturated carbocycles. The van der Waals surface area contributed by atoms with Gasteiger partial charge in [0.2, 0.25) is 5.88 Å². The molecule has 0 amide bonds. The van der Waals surface area contributed by atoms with E-state index in [1.54, 1.807) is 0 Å². The Bertz CT molecular complexity index is 743. The average molecular weight is 396 g/mol. The van der Waals surface area contributed by atoms with Crippen LogP contribution in [0.1, 0.15) is 5.69 Å². The molecule has 20 heavy (non-hydrogen) atoms. The number of benzene rings is 2. The first-order valence-electron chi connectivity index (χ1n) is 6.14. The first-order valence-corrected chi connectivity index (χ1v) is 7.75. The number of rotatable bonds is 3. The summed E-state index contributed by atoms with van der Waals surface area (Å²) in [7, 11) is 0. The summed E-state index contributed by atoms with van der Waals surface area (Å²) in [6.45, 7) is 0. The number of hydrogen-bond donors (Lipinski definition) is 0. The number of ether oxygens (including phenoxy) is 1. The van der Waals surface area contributed by atoms with Crippen molar-refractivity contribution in [2.75, 3.05) is 0 Å². The zero-order chi connectivity index (χ0) is 13.9. The van der Waals surface area contributed by atoms with Crippen molar-refractivity contribution in [1.29, 1.82) is 0 Å². The topological polar surface area (TPSA) is 22.1 Å². The molecule has 0 aliphatic rings. The minimum atomic E-state index is 0.369. The molecule has 0 spiro atoms. The maximum Gasteiger partial charge on any atom is 0.227 e. The molecule has 0 N–H and O–H groups in total. The Hall–Kier alpha value is -1.33. The molecule has 0 aliphatic heterocycles. The van der Waals surface area contributed by atoms with E-state index in [0.717, 1.165) is 22.2 Å². The van der Waals surface area contributed by atoms with E-state index in [0.29, 0.717) is 11.8 Å². The normalized spacial score (nSPS) is 10.7. The predicted octanol–water partition coefficient (Wildman–Crippen LogP) is 5.37. The van der Waals surface area contributed by atoms with Gasteiger partial charge >= 0.3 is 0 Å². The number of pyridine rings is 1. The standard InChI is InChI=1S/C16H11ClINO/c17-10-13-9-11-3-1-2-4-15(11)16(19-13)20-14-7-5-12(18)6-8-14/h1-9H,10H2. The second-order valence-corrected chi connectivity index (χ2v) is 5.84. The van der Waals surface area contributed by atoms with Gasteiger partial charge in [-0.25, -0.2) is 4.98 Å². The molecule has 0 fully saturated rings. The summed E-state index contributed by atoms with van der Waals surface area (Å²) in [5, 5.41) is 2.07. The molecular formula is C16H11ClINO. The van der Waals surface area contributed by atoms with Crippen LogP contribution in [-0.4, -0.2) is 4.98 Å². The molecular weight excluding hydrogens is 385 g/mol. The highest BCUT2D eigenvalue weighted by atomic mass is 127. The Labute approximate surface area is 135 Å². The zero-order valence-electron chi connectivity index (χ0n) is 10.5. The van der Waals surface area contributed by atoms with E-state index in [4.69, 9.17) is 16.3 Å². The van der Waals surface area contributed by atoms with Crippen molar-refractivity contribution >= 4 is 45.0 Å². The molecule has 2 nitrogen and oxygen atoms in total. The fraction of sp³-hybridized carbons (Fsp3) is 0.0625. The fourth-order valence-electron chi connectivity index (χ4n) is 1.98. The molecule has 100 valence electrons. The molecule has 4 heteroatoms. The predicted molar refractivity (Wildman–Crippen MR) is 90.5 cm³/mol. The Morgan fingerprint density at radius 1 is 1.05 bits per heavy atom. The number of nitrogens with zero attached hydrogens (tertiary/aromatic N) is 1. The maximum absolute atomic E-state index is 5.92. The van der Waals surface area contributed by atoms with Crippen LogP contribution in [0.15, 0.2) is 54.6 Å². The van der Waals surface area contributed by atoms with Gasteiger partial charge in [-0.05, 0) is 64.4 Å². The highest BCUT2D eigenvalue weighted by Gasteiger charge is 2.07. The lowest BCUT2D eigenvalue weighted by molar-refractivity contribution is 0.467. The van der Waals surface area contributed by atoms with Crippen molar-refractivity contribution in [3.05, 3.63) is 63.9 Å². The van der Waals surface area contributed by atoms with Crippen molar-refractivity contribution in [3.63, 3.8) is 0 Å². The second-order valence-electron chi connectivity index (χ2n) is 4.33. The molecule has 0 unspecified atom stereocenters. The van der Waals surface area contributed by atoms with E-state index in [1.807, 2.05) is 54.6 Å².